The van der Waals surface area contributed by atoms with Gasteiger partial charge in [-0.05, 0) is 18.6 Å². The first kappa shape index (κ1) is 12.6. The Morgan fingerprint density at radius 3 is 2.87 bits per heavy atom. The first-order chi connectivity index (χ1) is 6.98. The summed E-state index contributed by atoms with van der Waals surface area (Å²) in [6.07, 6.45) is 5.13. The molecule has 0 aliphatic heterocycles. The van der Waals surface area contributed by atoms with E-state index >= 15 is 0 Å². The summed E-state index contributed by atoms with van der Waals surface area (Å²) >= 11 is 12.1. The average Bonchev–Trinajstić information content (AvgIpc) is 2.19. The van der Waals surface area contributed by atoms with E-state index in [0.717, 1.165) is 0 Å². The highest BCUT2D eigenvalue weighted by Crippen LogP contribution is 2.34. The van der Waals surface area contributed by atoms with E-state index in [4.69, 9.17) is 28.1 Å². The van der Waals surface area contributed by atoms with E-state index < -0.39 is 16.9 Å². The van der Waals surface area contributed by atoms with E-state index in [2.05, 4.69) is 4.89 Å². The second kappa shape index (κ2) is 5.01. The molecule has 0 radical (unpaired) electrons. The lowest BCUT2D eigenvalue weighted by Gasteiger charge is -2.30. The largest absolute Gasteiger partial charge is 0.339 e. The van der Waals surface area contributed by atoms with Gasteiger partial charge in [0, 0.05) is 12.0 Å². The maximum Gasteiger partial charge on any atom is 0.339 e. The van der Waals surface area contributed by atoms with E-state index in [9.17, 15) is 4.79 Å². The molecule has 0 aromatic carbocycles. The Kier molecular flexibility index (Phi) is 4.20. The predicted octanol–water partition coefficient (Wildman–Crippen LogP) is 2.93. The van der Waals surface area contributed by atoms with Gasteiger partial charge in [0.1, 0.15) is 6.10 Å². The van der Waals surface area contributed by atoms with Crippen LogP contribution in [0.15, 0.2) is 23.3 Å². The molecule has 1 aliphatic rings. The number of allylic oxidation sites excluding steroid dienone is 2. The summed E-state index contributed by atoms with van der Waals surface area (Å²) in [6, 6.07) is 0. The molecule has 2 unspecified atom stereocenters. The molecule has 5 heteroatoms. The maximum atomic E-state index is 10.6. The van der Waals surface area contributed by atoms with Crippen molar-refractivity contribution in [2.24, 2.45) is 0 Å². The number of hydrogen-bond acceptors (Lipinski definition) is 3. The van der Waals surface area contributed by atoms with Crippen molar-refractivity contribution in [1.82, 2.24) is 0 Å². The highest BCUT2D eigenvalue weighted by molar-refractivity contribution is 6.32. The molecule has 0 N–H and O–H groups in total. The molecular formula is C10H12Cl2O3. The van der Waals surface area contributed by atoms with Crippen LogP contribution in [0.5, 0.6) is 0 Å². The first-order valence-electron chi connectivity index (χ1n) is 4.57. The average molecular weight is 251 g/mol. The van der Waals surface area contributed by atoms with Crippen molar-refractivity contribution in [3.8, 4) is 0 Å². The zero-order chi connectivity index (χ0) is 11.5. The van der Waals surface area contributed by atoms with Crippen LogP contribution in [-0.4, -0.2) is 16.9 Å². The fourth-order valence-corrected chi connectivity index (χ4v) is 1.54. The van der Waals surface area contributed by atoms with Crippen molar-refractivity contribution < 1.29 is 14.6 Å². The standard InChI is InChI=1S/C10H12Cl2O3/c1-3-10(12)5-4-8(11)6-9(10)15-14-7(2)13/h4-6,9H,3H2,1-2H3. The van der Waals surface area contributed by atoms with Gasteiger partial charge in [-0.3, -0.25) is 4.89 Å². The quantitative estimate of drug-likeness (QED) is 0.439. The molecule has 1 rings (SSSR count). The molecule has 0 aromatic rings. The lowest BCUT2D eigenvalue weighted by atomic mass is 9.94. The van der Waals surface area contributed by atoms with Gasteiger partial charge < -0.3 is 0 Å². The summed E-state index contributed by atoms with van der Waals surface area (Å²) in [5, 5.41) is 0.511. The van der Waals surface area contributed by atoms with Crippen molar-refractivity contribution in [1.29, 1.82) is 0 Å². The Hall–Kier alpha value is -0.510. The molecule has 15 heavy (non-hydrogen) atoms. The van der Waals surface area contributed by atoms with Gasteiger partial charge in [0.25, 0.3) is 0 Å². The van der Waals surface area contributed by atoms with Crippen LogP contribution in [0.4, 0.5) is 0 Å². The van der Waals surface area contributed by atoms with Gasteiger partial charge in [-0.2, -0.15) is 4.89 Å². The summed E-state index contributed by atoms with van der Waals surface area (Å²) in [5.41, 5.74) is 0. The highest BCUT2D eigenvalue weighted by atomic mass is 35.5. The molecule has 0 amide bonds. The van der Waals surface area contributed by atoms with Crippen LogP contribution in [0.2, 0.25) is 0 Å². The Labute approximate surface area is 98.6 Å². The molecule has 0 fully saturated rings. The van der Waals surface area contributed by atoms with E-state index in [-0.39, 0.29) is 0 Å². The fraction of sp³-hybridized carbons (Fsp3) is 0.500. The van der Waals surface area contributed by atoms with Crippen LogP contribution in [0.25, 0.3) is 0 Å². The van der Waals surface area contributed by atoms with E-state index in [1.807, 2.05) is 6.92 Å². The third kappa shape index (κ3) is 3.23. The fourth-order valence-electron chi connectivity index (χ4n) is 1.20. The normalized spacial score (nSPS) is 29.9. The molecule has 0 bridgehead atoms. The number of alkyl halides is 1. The predicted molar refractivity (Wildman–Crippen MR) is 58.6 cm³/mol. The van der Waals surface area contributed by atoms with Crippen LogP contribution < -0.4 is 0 Å². The molecule has 0 spiro atoms. The second-order valence-electron chi connectivity index (χ2n) is 3.26. The molecule has 84 valence electrons. The third-order valence-electron chi connectivity index (χ3n) is 2.11. The van der Waals surface area contributed by atoms with Gasteiger partial charge in [0.15, 0.2) is 0 Å². The molecule has 0 heterocycles. The molecule has 3 nitrogen and oxygen atoms in total. The van der Waals surface area contributed by atoms with Crippen molar-refractivity contribution in [3.05, 3.63) is 23.3 Å². The lowest BCUT2D eigenvalue weighted by Crippen LogP contribution is -2.37. The van der Waals surface area contributed by atoms with Crippen LogP contribution in [0.1, 0.15) is 20.3 Å². The molecule has 0 saturated carbocycles. The van der Waals surface area contributed by atoms with Crippen molar-refractivity contribution in [2.45, 2.75) is 31.2 Å². The van der Waals surface area contributed by atoms with Crippen LogP contribution in [-0.2, 0) is 14.6 Å². The van der Waals surface area contributed by atoms with E-state index in [1.165, 1.54) is 6.92 Å². The van der Waals surface area contributed by atoms with Gasteiger partial charge in [-0.25, -0.2) is 4.79 Å². The lowest BCUT2D eigenvalue weighted by molar-refractivity contribution is -0.290. The Morgan fingerprint density at radius 2 is 2.33 bits per heavy atom. The zero-order valence-electron chi connectivity index (χ0n) is 8.50. The van der Waals surface area contributed by atoms with Crippen molar-refractivity contribution in [2.75, 3.05) is 0 Å². The molecule has 0 aromatic heterocycles. The van der Waals surface area contributed by atoms with E-state index in [0.29, 0.717) is 11.5 Å². The SMILES string of the molecule is CCC1(Cl)C=CC(Cl)=CC1OOC(C)=O. The summed E-state index contributed by atoms with van der Waals surface area (Å²) in [7, 11) is 0. The third-order valence-corrected chi connectivity index (χ3v) is 2.97. The molecule has 0 saturated heterocycles. The topological polar surface area (TPSA) is 35.5 Å². The Morgan fingerprint density at radius 1 is 1.67 bits per heavy atom. The van der Waals surface area contributed by atoms with Gasteiger partial charge in [0.2, 0.25) is 0 Å². The number of rotatable bonds is 3. The Bertz CT molecular complexity index is 312. The van der Waals surface area contributed by atoms with E-state index in [1.54, 1.807) is 18.2 Å². The summed E-state index contributed by atoms with van der Waals surface area (Å²) in [4.78, 5) is 19.3. The van der Waals surface area contributed by atoms with Gasteiger partial charge in [0.05, 0.1) is 4.87 Å². The highest BCUT2D eigenvalue weighted by Gasteiger charge is 2.36. The summed E-state index contributed by atoms with van der Waals surface area (Å²) < 4.78 is 0. The number of hydrogen-bond donors (Lipinski definition) is 0. The van der Waals surface area contributed by atoms with Crippen LogP contribution in [0, 0.1) is 0 Å². The zero-order valence-corrected chi connectivity index (χ0v) is 10.0. The number of halogens is 2. The van der Waals surface area contributed by atoms with Crippen molar-refractivity contribution in [3.63, 3.8) is 0 Å². The monoisotopic (exact) mass is 250 g/mol. The minimum absolute atomic E-state index is 0.511. The molecule has 2 atom stereocenters. The molecular weight excluding hydrogens is 239 g/mol. The summed E-state index contributed by atoms with van der Waals surface area (Å²) in [6.45, 7) is 3.17. The number of carbonyl (C=O) groups excluding carboxylic acids is 1. The van der Waals surface area contributed by atoms with Crippen LogP contribution in [0.3, 0.4) is 0 Å². The summed E-state index contributed by atoms with van der Waals surface area (Å²) in [5.74, 6) is -0.524. The van der Waals surface area contributed by atoms with Crippen molar-refractivity contribution >= 4 is 29.2 Å². The minimum Gasteiger partial charge on any atom is -0.298 e. The Balaban J connectivity index is 2.73. The van der Waals surface area contributed by atoms with Gasteiger partial charge in [-0.15, -0.1) is 11.6 Å². The smallest absolute Gasteiger partial charge is 0.298 e. The minimum atomic E-state index is -0.714. The second-order valence-corrected chi connectivity index (χ2v) is 4.40. The maximum absolute atomic E-state index is 10.6. The number of carbonyl (C=O) groups is 1. The van der Waals surface area contributed by atoms with Gasteiger partial charge in [-0.1, -0.05) is 24.6 Å². The molecule has 1 aliphatic carbocycles. The van der Waals surface area contributed by atoms with Crippen LogP contribution >= 0.6 is 23.2 Å². The first-order valence-corrected chi connectivity index (χ1v) is 5.33. The van der Waals surface area contributed by atoms with Gasteiger partial charge >= 0.3 is 5.97 Å².